The van der Waals surface area contributed by atoms with Crippen molar-refractivity contribution >= 4 is 50.9 Å². The van der Waals surface area contributed by atoms with Crippen LogP contribution in [0.2, 0.25) is 10.0 Å². The number of esters is 2. The van der Waals surface area contributed by atoms with Gasteiger partial charge in [0, 0.05) is 5.02 Å². The number of ether oxygens (including phenoxy) is 2. The van der Waals surface area contributed by atoms with E-state index in [4.69, 9.17) is 23.2 Å². The molecule has 27 heavy (non-hydrogen) atoms. The van der Waals surface area contributed by atoms with Gasteiger partial charge in [0.25, 0.3) is 10.0 Å². The van der Waals surface area contributed by atoms with E-state index in [0.29, 0.717) is 5.02 Å². The standard InChI is InChI=1S/C17H15Cl2NO6S/c1-25-16(21)10-20(27(23,24)13-6-3-11(18)4-7-13)12-5-8-15(19)14(9-12)17(22)26-2/h3-9H,10H2,1-2H3. The third-order valence-electron chi connectivity index (χ3n) is 3.55. The molecule has 0 heterocycles. The monoisotopic (exact) mass is 431 g/mol. The molecule has 0 aromatic heterocycles. The molecule has 2 rings (SSSR count). The van der Waals surface area contributed by atoms with Crippen LogP contribution in [0.1, 0.15) is 10.4 Å². The molecular weight excluding hydrogens is 417 g/mol. The Labute approximate surface area is 166 Å². The van der Waals surface area contributed by atoms with Crippen LogP contribution in [0.5, 0.6) is 0 Å². The summed E-state index contributed by atoms with van der Waals surface area (Å²) >= 11 is 11.8. The molecule has 0 bridgehead atoms. The number of benzene rings is 2. The van der Waals surface area contributed by atoms with Gasteiger partial charge in [-0.15, -0.1) is 0 Å². The van der Waals surface area contributed by atoms with Crippen LogP contribution < -0.4 is 4.31 Å². The second-order valence-electron chi connectivity index (χ2n) is 5.20. The van der Waals surface area contributed by atoms with Crippen molar-refractivity contribution in [3.8, 4) is 0 Å². The minimum Gasteiger partial charge on any atom is -0.468 e. The van der Waals surface area contributed by atoms with Crippen LogP contribution in [0.4, 0.5) is 5.69 Å². The van der Waals surface area contributed by atoms with Crippen molar-refractivity contribution in [2.75, 3.05) is 25.1 Å². The average Bonchev–Trinajstić information content (AvgIpc) is 2.66. The molecule has 7 nitrogen and oxygen atoms in total. The number of sulfonamides is 1. The van der Waals surface area contributed by atoms with Crippen molar-refractivity contribution in [3.63, 3.8) is 0 Å². The second-order valence-corrected chi connectivity index (χ2v) is 7.90. The van der Waals surface area contributed by atoms with E-state index in [1.807, 2.05) is 0 Å². The number of nitrogens with zero attached hydrogens (tertiary/aromatic N) is 1. The molecule has 2 aromatic rings. The van der Waals surface area contributed by atoms with Crippen LogP contribution in [0.3, 0.4) is 0 Å². The maximum absolute atomic E-state index is 13.1. The van der Waals surface area contributed by atoms with Crippen molar-refractivity contribution in [2.45, 2.75) is 4.90 Å². The van der Waals surface area contributed by atoms with E-state index in [1.165, 1.54) is 49.6 Å². The Morgan fingerprint density at radius 2 is 1.63 bits per heavy atom. The van der Waals surface area contributed by atoms with Crippen molar-refractivity contribution in [2.24, 2.45) is 0 Å². The van der Waals surface area contributed by atoms with Gasteiger partial charge in [-0.1, -0.05) is 23.2 Å². The first kappa shape index (κ1) is 21.0. The average molecular weight is 432 g/mol. The molecule has 144 valence electrons. The number of hydrogen-bond donors (Lipinski definition) is 0. The molecule has 0 spiro atoms. The molecule has 0 radical (unpaired) electrons. The summed E-state index contributed by atoms with van der Waals surface area (Å²) in [4.78, 5) is 23.6. The summed E-state index contributed by atoms with van der Waals surface area (Å²) in [5.41, 5.74) is -0.00186. The fourth-order valence-electron chi connectivity index (χ4n) is 2.17. The first-order valence-corrected chi connectivity index (χ1v) is 9.63. The summed E-state index contributed by atoms with van der Waals surface area (Å²) in [6.07, 6.45) is 0. The van der Waals surface area contributed by atoms with Crippen molar-refractivity contribution in [3.05, 3.63) is 58.1 Å². The minimum absolute atomic E-state index is 0.0418. The topological polar surface area (TPSA) is 90.0 Å². The number of methoxy groups -OCH3 is 2. The highest BCUT2D eigenvalue weighted by Gasteiger charge is 2.28. The lowest BCUT2D eigenvalue weighted by Crippen LogP contribution is -2.36. The molecule has 0 saturated heterocycles. The van der Waals surface area contributed by atoms with Gasteiger partial charge in [0.15, 0.2) is 0 Å². The molecule has 2 aromatic carbocycles. The molecular formula is C17H15Cl2NO6S. The summed E-state index contributed by atoms with van der Waals surface area (Å²) in [5.74, 6) is -1.54. The Hall–Kier alpha value is -2.29. The largest absolute Gasteiger partial charge is 0.468 e. The summed E-state index contributed by atoms with van der Waals surface area (Å²) in [6, 6.07) is 9.36. The highest BCUT2D eigenvalue weighted by atomic mass is 35.5. The molecule has 0 unspecified atom stereocenters. The van der Waals surface area contributed by atoms with E-state index in [-0.39, 0.29) is 21.2 Å². The van der Waals surface area contributed by atoms with Crippen molar-refractivity contribution in [1.82, 2.24) is 0 Å². The Kier molecular flexibility index (Phi) is 6.69. The number of hydrogen-bond acceptors (Lipinski definition) is 6. The zero-order valence-electron chi connectivity index (χ0n) is 14.3. The van der Waals surface area contributed by atoms with E-state index in [0.717, 1.165) is 11.4 Å². The van der Waals surface area contributed by atoms with Gasteiger partial charge >= 0.3 is 11.9 Å². The van der Waals surface area contributed by atoms with E-state index >= 15 is 0 Å². The zero-order valence-corrected chi connectivity index (χ0v) is 16.6. The van der Waals surface area contributed by atoms with Gasteiger partial charge in [-0.25, -0.2) is 13.2 Å². The number of anilines is 1. The molecule has 10 heteroatoms. The van der Waals surface area contributed by atoms with Crippen LogP contribution in [-0.4, -0.2) is 41.1 Å². The molecule has 0 N–H and O–H groups in total. The fraction of sp³-hybridized carbons (Fsp3) is 0.176. The normalized spacial score (nSPS) is 11.0. The third kappa shape index (κ3) is 4.71. The Morgan fingerprint density at radius 3 is 2.19 bits per heavy atom. The van der Waals surface area contributed by atoms with Crippen LogP contribution in [-0.2, 0) is 24.3 Å². The summed E-state index contributed by atoms with van der Waals surface area (Å²) < 4.78 is 36.2. The van der Waals surface area contributed by atoms with Crippen LogP contribution >= 0.6 is 23.2 Å². The van der Waals surface area contributed by atoms with Crippen LogP contribution in [0.25, 0.3) is 0 Å². The predicted molar refractivity (Wildman–Crippen MR) is 101 cm³/mol. The maximum Gasteiger partial charge on any atom is 0.339 e. The van der Waals surface area contributed by atoms with Gasteiger partial charge in [0.2, 0.25) is 0 Å². The SMILES string of the molecule is COC(=O)CN(c1ccc(Cl)c(C(=O)OC)c1)S(=O)(=O)c1ccc(Cl)cc1. The molecule has 0 aliphatic carbocycles. The van der Waals surface area contributed by atoms with Gasteiger partial charge in [0.05, 0.1) is 35.4 Å². The van der Waals surface area contributed by atoms with E-state index in [2.05, 4.69) is 9.47 Å². The predicted octanol–water partition coefficient (Wildman–Crippen LogP) is 3.15. The highest BCUT2D eigenvalue weighted by Crippen LogP contribution is 2.29. The number of rotatable bonds is 6. The second kappa shape index (κ2) is 8.60. The number of carbonyl (C=O) groups is 2. The Bertz CT molecular complexity index is 960. The molecule has 0 amide bonds. The summed E-state index contributed by atoms with van der Waals surface area (Å²) in [5, 5.41) is 0.431. The van der Waals surface area contributed by atoms with Crippen molar-refractivity contribution < 1.29 is 27.5 Å². The van der Waals surface area contributed by atoms with E-state index < -0.39 is 28.5 Å². The minimum atomic E-state index is -4.16. The molecule has 0 atom stereocenters. The lowest BCUT2D eigenvalue weighted by Gasteiger charge is -2.24. The van der Waals surface area contributed by atoms with E-state index in [1.54, 1.807) is 0 Å². The van der Waals surface area contributed by atoms with Crippen molar-refractivity contribution in [1.29, 1.82) is 0 Å². The lowest BCUT2D eigenvalue weighted by molar-refractivity contribution is -0.138. The first-order valence-electron chi connectivity index (χ1n) is 7.43. The Balaban J connectivity index is 2.60. The van der Waals surface area contributed by atoms with Crippen LogP contribution in [0.15, 0.2) is 47.4 Å². The number of carbonyl (C=O) groups excluding carboxylic acids is 2. The van der Waals surface area contributed by atoms with Crippen LogP contribution in [0, 0.1) is 0 Å². The molecule has 0 aliphatic heterocycles. The number of halogens is 2. The first-order chi connectivity index (χ1) is 12.7. The van der Waals surface area contributed by atoms with Gasteiger partial charge in [-0.2, -0.15) is 0 Å². The molecule has 0 fully saturated rings. The van der Waals surface area contributed by atoms with Gasteiger partial charge in [-0.05, 0) is 42.5 Å². The quantitative estimate of drug-likeness (QED) is 0.652. The Morgan fingerprint density at radius 1 is 1.00 bits per heavy atom. The van der Waals surface area contributed by atoms with Gasteiger partial charge in [-0.3, -0.25) is 9.10 Å². The summed E-state index contributed by atoms with van der Waals surface area (Å²) in [7, 11) is -1.85. The summed E-state index contributed by atoms with van der Waals surface area (Å²) in [6.45, 7) is -0.607. The lowest BCUT2D eigenvalue weighted by atomic mass is 10.2. The third-order valence-corrected chi connectivity index (χ3v) is 5.91. The van der Waals surface area contributed by atoms with Gasteiger partial charge < -0.3 is 9.47 Å². The fourth-order valence-corrected chi connectivity index (χ4v) is 3.89. The van der Waals surface area contributed by atoms with Gasteiger partial charge in [0.1, 0.15) is 6.54 Å². The zero-order chi connectivity index (χ0) is 20.2. The molecule has 0 aliphatic rings. The molecule has 0 saturated carbocycles. The smallest absolute Gasteiger partial charge is 0.339 e. The highest BCUT2D eigenvalue weighted by molar-refractivity contribution is 7.92. The maximum atomic E-state index is 13.1. The van der Waals surface area contributed by atoms with E-state index in [9.17, 15) is 18.0 Å².